The summed E-state index contributed by atoms with van der Waals surface area (Å²) in [5.41, 5.74) is 13.1. The van der Waals surface area contributed by atoms with Crippen LogP contribution < -0.4 is 21.1 Å². The molecule has 104 valence electrons. The van der Waals surface area contributed by atoms with Crippen LogP contribution in [0.15, 0.2) is 18.2 Å². The average Bonchev–Trinajstić information content (AvgIpc) is 2.45. The van der Waals surface area contributed by atoms with Crippen LogP contribution in [0, 0.1) is 5.92 Å². The van der Waals surface area contributed by atoms with Crippen molar-refractivity contribution in [3.8, 4) is 5.75 Å². The maximum atomic E-state index is 12.0. The van der Waals surface area contributed by atoms with E-state index in [-0.39, 0.29) is 12.5 Å². The quantitative estimate of drug-likeness (QED) is 0.825. The molecule has 2 rings (SSSR count). The number of ether oxygens (including phenoxy) is 1. The predicted octanol–water partition coefficient (Wildman–Crippen LogP) is 0.856. The Morgan fingerprint density at radius 1 is 1.42 bits per heavy atom. The first-order valence-corrected chi connectivity index (χ1v) is 6.62. The van der Waals surface area contributed by atoms with E-state index in [4.69, 9.17) is 16.2 Å². The van der Waals surface area contributed by atoms with Crippen molar-refractivity contribution >= 4 is 11.6 Å². The van der Waals surface area contributed by atoms with Crippen LogP contribution in [0.25, 0.3) is 0 Å². The normalized spacial score (nSPS) is 15.9. The number of anilines is 1. The molecule has 0 aliphatic carbocycles. The fraction of sp³-hybridized carbons (Fsp3) is 0.500. The van der Waals surface area contributed by atoms with Crippen LogP contribution in [0.5, 0.6) is 5.75 Å². The molecule has 1 aliphatic rings. The van der Waals surface area contributed by atoms with Crippen molar-refractivity contribution < 1.29 is 9.53 Å². The third kappa shape index (κ3) is 3.05. The summed E-state index contributed by atoms with van der Waals surface area (Å²) in [5, 5.41) is 0. The molecule has 1 atom stereocenters. The smallest absolute Gasteiger partial charge is 0.265 e. The van der Waals surface area contributed by atoms with Crippen LogP contribution >= 0.6 is 0 Å². The summed E-state index contributed by atoms with van der Waals surface area (Å²) in [6.07, 6.45) is 0.883. The van der Waals surface area contributed by atoms with E-state index in [1.54, 1.807) is 4.90 Å². The van der Waals surface area contributed by atoms with E-state index >= 15 is 0 Å². The van der Waals surface area contributed by atoms with E-state index < -0.39 is 0 Å². The van der Waals surface area contributed by atoms with Crippen molar-refractivity contribution in [2.24, 2.45) is 17.4 Å². The molecule has 0 bridgehead atoms. The van der Waals surface area contributed by atoms with E-state index in [2.05, 4.69) is 6.92 Å². The molecule has 1 aromatic carbocycles. The van der Waals surface area contributed by atoms with Crippen molar-refractivity contribution in [3.05, 3.63) is 23.8 Å². The zero-order valence-corrected chi connectivity index (χ0v) is 11.3. The SMILES string of the molecule is CC(CN)CCN1C(=O)COc2ccc(CN)cc21. The highest BCUT2D eigenvalue weighted by molar-refractivity contribution is 5.97. The number of amides is 1. The van der Waals surface area contributed by atoms with Crippen LogP contribution in [0.2, 0.25) is 0 Å². The summed E-state index contributed by atoms with van der Waals surface area (Å²) >= 11 is 0. The van der Waals surface area contributed by atoms with E-state index in [1.165, 1.54) is 0 Å². The van der Waals surface area contributed by atoms with Crippen molar-refractivity contribution in [1.82, 2.24) is 0 Å². The molecule has 19 heavy (non-hydrogen) atoms. The highest BCUT2D eigenvalue weighted by Crippen LogP contribution is 2.33. The highest BCUT2D eigenvalue weighted by atomic mass is 16.5. The van der Waals surface area contributed by atoms with Gasteiger partial charge in [-0.05, 0) is 36.6 Å². The topological polar surface area (TPSA) is 81.6 Å². The number of nitrogens with zero attached hydrogens (tertiary/aromatic N) is 1. The Balaban J connectivity index is 2.21. The fourth-order valence-electron chi connectivity index (χ4n) is 2.09. The average molecular weight is 263 g/mol. The van der Waals surface area contributed by atoms with Crippen LogP contribution in [0.4, 0.5) is 5.69 Å². The molecule has 5 nitrogen and oxygen atoms in total. The largest absolute Gasteiger partial charge is 0.482 e. The molecule has 1 aliphatic heterocycles. The predicted molar refractivity (Wildman–Crippen MR) is 75.0 cm³/mol. The first-order chi connectivity index (χ1) is 9.15. The van der Waals surface area contributed by atoms with Gasteiger partial charge in [0, 0.05) is 13.1 Å². The number of hydrogen-bond donors (Lipinski definition) is 2. The molecule has 4 N–H and O–H groups in total. The van der Waals surface area contributed by atoms with Gasteiger partial charge in [-0.2, -0.15) is 0 Å². The van der Waals surface area contributed by atoms with E-state index in [0.29, 0.717) is 25.6 Å². The Hall–Kier alpha value is -1.59. The molecular formula is C14H21N3O2. The Morgan fingerprint density at radius 2 is 2.21 bits per heavy atom. The highest BCUT2D eigenvalue weighted by Gasteiger charge is 2.25. The van der Waals surface area contributed by atoms with Gasteiger partial charge in [0.1, 0.15) is 5.75 Å². The lowest BCUT2D eigenvalue weighted by Gasteiger charge is -2.30. The van der Waals surface area contributed by atoms with Gasteiger partial charge in [0.05, 0.1) is 5.69 Å². The number of benzene rings is 1. The van der Waals surface area contributed by atoms with Crippen LogP contribution in [-0.2, 0) is 11.3 Å². The minimum Gasteiger partial charge on any atom is -0.482 e. The fourth-order valence-corrected chi connectivity index (χ4v) is 2.09. The molecule has 1 aromatic rings. The molecule has 0 aromatic heterocycles. The van der Waals surface area contributed by atoms with Crippen LogP contribution in [0.1, 0.15) is 18.9 Å². The Bertz CT molecular complexity index is 462. The van der Waals surface area contributed by atoms with E-state index in [9.17, 15) is 4.79 Å². The summed E-state index contributed by atoms with van der Waals surface area (Å²) < 4.78 is 5.44. The summed E-state index contributed by atoms with van der Waals surface area (Å²) in [6.45, 7) is 3.94. The maximum Gasteiger partial charge on any atom is 0.265 e. The molecule has 1 heterocycles. The maximum absolute atomic E-state index is 12.0. The number of rotatable bonds is 5. The molecule has 1 unspecified atom stereocenters. The number of hydrogen-bond acceptors (Lipinski definition) is 4. The number of nitrogens with two attached hydrogens (primary N) is 2. The number of carbonyl (C=O) groups is 1. The first kappa shape index (κ1) is 13.8. The minimum absolute atomic E-state index is 0.00843. The second kappa shape index (κ2) is 6.04. The molecule has 0 fully saturated rings. The van der Waals surface area contributed by atoms with Gasteiger partial charge in [0.25, 0.3) is 5.91 Å². The van der Waals surface area contributed by atoms with Gasteiger partial charge < -0.3 is 21.1 Å². The summed E-state index contributed by atoms with van der Waals surface area (Å²) in [6, 6.07) is 5.73. The number of carbonyl (C=O) groups excluding carboxylic acids is 1. The van der Waals surface area contributed by atoms with E-state index in [1.807, 2.05) is 18.2 Å². The first-order valence-electron chi connectivity index (χ1n) is 6.62. The lowest BCUT2D eigenvalue weighted by atomic mass is 10.1. The Labute approximate surface area is 113 Å². The lowest BCUT2D eigenvalue weighted by molar-refractivity contribution is -0.121. The second-order valence-corrected chi connectivity index (χ2v) is 4.97. The molecule has 0 saturated heterocycles. The molecule has 0 saturated carbocycles. The van der Waals surface area contributed by atoms with Gasteiger partial charge in [-0.25, -0.2) is 0 Å². The van der Waals surface area contributed by atoms with E-state index in [0.717, 1.165) is 23.4 Å². The zero-order valence-electron chi connectivity index (χ0n) is 11.3. The standard InChI is InChI=1S/C14H21N3O2/c1-10(7-15)4-5-17-12-6-11(8-16)2-3-13(12)19-9-14(17)18/h2-3,6,10H,4-5,7-9,15-16H2,1H3. The van der Waals surface area contributed by atoms with Gasteiger partial charge >= 0.3 is 0 Å². The van der Waals surface area contributed by atoms with Crippen molar-refractivity contribution in [2.75, 3.05) is 24.6 Å². The molecular weight excluding hydrogens is 242 g/mol. The van der Waals surface area contributed by atoms with Crippen molar-refractivity contribution in [2.45, 2.75) is 19.9 Å². The van der Waals surface area contributed by atoms with Crippen molar-refractivity contribution in [1.29, 1.82) is 0 Å². The molecule has 0 radical (unpaired) electrons. The lowest BCUT2D eigenvalue weighted by Crippen LogP contribution is -2.40. The second-order valence-electron chi connectivity index (χ2n) is 4.97. The molecule has 1 amide bonds. The monoisotopic (exact) mass is 263 g/mol. The summed E-state index contributed by atoms with van der Waals surface area (Å²) in [7, 11) is 0. The van der Waals surface area contributed by atoms with Crippen LogP contribution in [-0.4, -0.2) is 25.6 Å². The third-order valence-electron chi connectivity index (χ3n) is 3.45. The third-order valence-corrected chi connectivity index (χ3v) is 3.45. The van der Waals surface area contributed by atoms with Gasteiger partial charge in [-0.3, -0.25) is 4.79 Å². The summed E-state index contributed by atoms with van der Waals surface area (Å²) in [4.78, 5) is 13.8. The Morgan fingerprint density at radius 3 is 2.89 bits per heavy atom. The zero-order chi connectivity index (χ0) is 13.8. The van der Waals surface area contributed by atoms with Crippen molar-refractivity contribution in [3.63, 3.8) is 0 Å². The van der Waals surface area contributed by atoms with Gasteiger partial charge in [0.15, 0.2) is 6.61 Å². The minimum atomic E-state index is -0.00843. The van der Waals surface area contributed by atoms with Crippen LogP contribution in [0.3, 0.4) is 0 Å². The number of fused-ring (bicyclic) bond motifs is 1. The molecule has 5 heteroatoms. The van der Waals surface area contributed by atoms with Gasteiger partial charge in [0.2, 0.25) is 0 Å². The van der Waals surface area contributed by atoms with Gasteiger partial charge in [-0.15, -0.1) is 0 Å². The molecule has 0 spiro atoms. The van der Waals surface area contributed by atoms with Gasteiger partial charge in [-0.1, -0.05) is 13.0 Å². The Kier molecular flexibility index (Phi) is 4.39. The summed E-state index contributed by atoms with van der Waals surface area (Å²) in [5.74, 6) is 1.14.